The Morgan fingerprint density at radius 2 is 2.11 bits per heavy atom. The van der Waals surface area contributed by atoms with Gasteiger partial charge in [0.05, 0.1) is 10.6 Å². The number of benzene rings is 1. The number of nitrogens with zero attached hydrogens (tertiary/aromatic N) is 1. The van der Waals surface area contributed by atoms with Crippen molar-refractivity contribution in [3.8, 4) is 11.6 Å². The van der Waals surface area contributed by atoms with Crippen molar-refractivity contribution in [2.75, 3.05) is 0 Å². The van der Waals surface area contributed by atoms with E-state index in [4.69, 9.17) is 27.5 Å². The SMILES string of the molecule is Cc1ccc(C(=N)N)c(Oc2ccc(F)c(Cl)c2)n1. The topological polar surface area (TPSA) is 72.0 Å². The number of nitrogens with two attached hydrogens (primary N) is 1. The molecule has 2 aromatic rings. The van der Waals surface area contributed by atoms with Crippen molar-refractivity contribution in [2.24, 2.45) is 5.73 Å². The van der Waals surface area contributed by atoms with Gasteiger partial charge >= 0.3 is 0 Å². The van der Waals surface area contributed by atoms with Gasteiger partial charge in [-0.2, -0.15) is 0 Å². The number of rotatable bonds is 3. The predicted octanol–water partition coefficient (Wildman–Crippen LogP) is 3.26. The first-order valence-corrected chi connectivity index (χ1v) is 5.80. The van der Waals surface area contributed by atoms with Crippen LogP contribution in [0.15, 0.2) is 30.3 Å². The molecule has 1 aromatic heterocycles. The van der Waals surface area contributed by atoms with E-state index in [1.54, 1.807) is 19.1 Å². The molecule has 0 spiro atoms. The molecule has 0 aliphatic rings. The van der Waals surface area contributed by atoms with E-state index in [1.165, 1.54) is 18.2 Å². The molecule has 0 fully saturated rings. The van der Waals surface area contributed by atoms with E-state index < -0.39 is 5.82 Å². The Hall–Kier alpha value is -2.14. The summed E-state index contributed by atoms with van der Waals surface area (Å²) in [5.74, 6) is -0.170. The van der Waals surface area contributed by atoms with Crippen LogP contribution < -0.4 is 10.5 Å². The molecular formula is C13H11ClFN3O. The molecule has 0 amide bonds. The number of ether oxygens (including phenoxy) is 1. The van der Waals surface area contributed by atoms with Crippen LogP contribution in [0.3, 0.4) is 0 Å². The van der Waals surface area contributed by atoms with Crippen LogP contribution in [-0.2, 0) is 0 Å². The van der Waals surface area contributed by atoms with Crippen molar-refractivity contribution in [1.82, 2.24) is 4.98 Å². The van der Waals surface area contributed by atoms with Gasteiger partial charge in [-0.25, -0.2) is 9.37 Å². The van der Waals surface area contributed by atoms with Crippen LogP contribution in [-0.4, -0.2) is 10.8 Å². The molecule has 2 rings (SSSR count). The summed E-state index contributed by atoms with van der Waals surface area (Å²) in [4.78, 5) is 4.16. The van der Waals surface area contributed by atoms with Gasteiger partial charge in [-0.3, -0.25) is 5.41 Å². The number of amidine groups is 1. The zero-order valence-electron chi connectivity index (χ0n) is 10.1. The van der Waals surface area contributed by atoms with Gasteiger partial charge in [0.2, 0.25) is 5.88 Å². The second-order valence-electron chi connectivity index (χ2n) is 3.90. The summed E-state index contributed by atoms with van der Waals surface area (Å²) >= 11 is 5.67. The third-order valence-electron chi connectivity index (χ3n) is 2.40. The zero-order chi connectivity index (χ0) is 14.0. The lowest BCUT2D eigenvalue weighted by molar-refractivity contribution is 0.459. The maximum Gasteiger partial charge on any atom is 0.230 e. The molecule has 0 atom stereocenters. The number of halogens is 2. The van der Waals surface area contributed by atoms with Crippen LogP contribution in [0.5, 0.6) is 11.6 Å². The Kier molecular flexibility index (Phi) is 3.66. The quantitative estimate of drug-likeness (QED) is 0.669. The summed E-state index contributed by atoms with van der Waals surface area (Å²) in [6.07, 6.45) is 0. The lowest BCUT2D eigenvalue weighted by Crippen LogP contribution is -2.13. The van der Waals surface area contributed by atoms with Gasteiger partial charge in [-0.15, -0.1) is 0 Å². The molecule has 3 N–H and O–H groups in total. The molecule has 0 aliphatic carbocycles. The number of pyridine rings is 1. The van der Waals surface area contributed by atoms with Gasteiger partial charge in [0, 0.05) is 11.8 Å². The molecule has 4 nitrogen and oxygen atoms in total. The lowest BCUT2D eigenvalue weighted by atomic mass is 10.2. The summed E-state index contributed by atoms with van der Waals surface area (Å²) in [6.45, 7) is 1.79. The van der Waals surface area contributed by atoms with Crippen LogP contribution in [0.1, 0.15) is 11.3 Å². The molecule has 0 unspecified atom stereocenters. The molecule has 0 saturated carbocycles. The molecule has 0 radical (unpaired) electrons. The fraction of sp³-hybridized carbons (Fsp3) is 0.0769. The molecule has 6 heteroatoms. The van der Waals surface area contributed by atoms with Crippen molar-refractivity contribution in [2.45, 2.75) is 6.92 Å². The fourth-order valence-electron chi connectivity index (χ4n) is 1.47. The average Bonchev–Trinajstić information content (AvgIpc) is 2.33. The van der Waals surface area contributed by atoms with E-state index >= 15 is 0 Å². The maximum atomic E-state index is 13.1. The van der Waals surface area contributed by atoms with Gasteiger partial charge in [-0.1, -0.05) is 11.6 Å². The van der Waals surface area contributed by atoms with E-state index in [0.29, 0.717) is 17.0 Å². The number of hydrogen-bond acceptors (Lipinski definition) is 3. The smallest absolute Gasteiger partial charge is 0.230 e. The summed E-state index contributed by atoms with van der Waals surface area (Å²) < 4.78 is 18.6. The van der Waals surface area contributed by atoms with Crippen molar-refractivity contribution in [3.05, 3.63) is 52.4 Å². The van der Waals surface area contributed by atoms with E-state index in [2.05, 4.69) is 4.98 Å². The normalized spacial score (nSPS) is 10.3. The van der Waals surface area contributed by atoms with Crippen molar-refractivity contribution in [1.29, 1.82) is 5.41 Å². The third kappa shape index (κ3) is 3.00. The zero-order valence-corrected chi connectivity index (χ0v) is 10.8. The lowest BCUT2D eigenvalue weighted by Gasteiger charge is -2.10. The largest absolute Gasteiger partial charge is 0.438 e. The highest BCUT2D eigenvalue weighted by Gasteiger charge is 2.11. The highest BCUT2D eigenvalue weighted by molar-refractivity contribution is 6.30. The Morgan fingerprint density at radius 1 is 1.37 bits per heavy atom. The van der Waals surface area contributed by atoms with Crippen molar-refractivity contribution in [3.63, 3.8) is 0 Å². The monoisotopic (exact) mass is 279 g/mol. The summed E-state index contributed by atoms with van der Waals surface area (Å²) in [5, 5.41) is 7.41. The summed E-state index contributed by atoms with van der Waals surface area (Å²) in [5.41, 5.74) is 6.53. The fourth-order valence-corrected chi connectivity index (χ4v) is 1.64. The van der Waals surface area contributed by atoms with Gasteiger partial charge in [0.15, 0.2) is 0 Å². The van der Waals surface area contributed by atoms with Gasteiger partial charge in [0.25, 0.3) is 0 Å². The molecular weight excluding hydrogens is 269 g/mol. The van der Waals surface area contributed by atoms with Crippen molar-refractivity contribution < 1.29 is 9.13 Å². The van der Waals surface area contributed by atoms with Crippen LogP contribution in [0.4, 0.5) is 4.39 Å². The van der Waals surface area contributed by atoms with Gasteiger partial charge < -0.3 is 10.5 Å². The maximum absolute atomic E-state index is 13.1. The number of nitrogen functional groups attached to an aromatic ring is 1. The molecule has 1 heterocycles. The molecule has 0 aliphatic heterocycles. The standard InChI is InChI=1S/C13H11ClFN3O/c1-7-2-4-9(12(16)17)13(18-7)19-8-3-5-11(15)10(14)6-8/h2-6H,1H3,(H3,16,17). The number of nitrogens with one attached hydrogen (secondary N) is 1. The van der Waals surface area contributed by atoms with Gasteiger partial charge in [-0.05, 0) is 31.2 Å². The van der Waals surface area contributed by atoms with Gasteiger partial charge in [0.1, 0.15) is 17.4 Å². The van der Waals surface area contributed by atoms with Crippen LogP contribution in [0.2, 0.25) is 5.02 Å². The first kappa shape index (κ1) is 13.3. The van der Waals surface area contributed by atoms with E-state index in [0.717, 1.165) is 0 Å². The Labute approximate surface area is 114 Å². The first-order valence-electron chi connectivity index (χ1n) is 5.42. The highest BCUT2D eigenvalue weighted by atomic mass is 35.5. The second-order valence-corrected chi connectivity index (χ2v) is 4.30. The molecule has 0 bridgehead atoms. The summed E-state index contributed by atoms with van der Waals surface area (Å²) in [7, 11) is 0. The minimum Gasteiger partial charge on any atom is -0.438 e. The van der Waals surface area contributed by atoms with E-state index in [-0.39, 0.29) is 16.7 Å². The molecule has 1 aromatic carbocycles. The van der Waals surface area contributed by atoms with Crippen LogP contribution in [0.25, 0.3) is 0 Å². The van der Waals surface area contributed by atoms with Crippen LogP contribution in [0, 0.1) is 18.2 Å². The van der Waals surface area contributed by atoms with E-state index in [1.807, 2.05) is 0 Å². The highest BCUT2D eigenvalue weighted by Crippen LogP contribution is 2.27. The van der Waals surface area contributed by atoms with Crippen LogP contribution >= 0.6 is 11.6 Å². The molecule has 98 valence electrons. The Balaban J connectivity index is 2.39. The Bertz CT molecular complexity index is 646. The minimum atomic E-state index is -0.530. The Morgan fingerprint density at radius 3 is 2.74 bits per heavy atom. The summed E-state index contributed by atoms with van der Waals surface area (Å²) in [6, 6.07) is 7.33. The second kappa shape index (κ2) is 5.24. The average molecular weight is 280 g/mol. The predicted molar refractivity (Wildman–Crippen MR) is 71.5 cm³/mol. The number of hydrogen-bond donors (Lipinski definition) is 2. The van der Waals surface area contributed by atoms with E-state index in [9.17, 15) is 4.39 Å². The molecule has 0 saturated heterocycles. The molecule has 19 heavy (non-hydrogen) atoms. The first-order chi connectivity index (χ1) is 8.97. The van der Waals surface area contributed by atoms with Crippen molar-refractivity contribution >= 4 is 17.4 Å². The number of aryl methyl sites for hydroxylation is 1. The minimum absolute atomic E-state index is 0.0467. The number of aromatic nitrogens is 1. The third-order valence-corrected chi connectivity index (χ3v) is 2.68.